The molecule has 4 rings (SSSR count). The number of rotatable bonds is 5. The zero-order chi connectivity index (χ0) is 17.2. The van der Waals surface area contributed by atoms with Crippen LogP contribution in [0.15, 0.2) is 48.5 Å². The topological polar surface area (TPSA) is 38.8 Å². The molecular weight excluding hydrogens is 314 g/mol. The smallest absolute Gasteiger partial charge is 0.166 e. The maximum atomic E-state index is 12.6. The highest BCUT2D eigenvalue weighted by molar-refractivity contribution is 6.00. The third-order valence-electron chi connectivity index (χ3n) is 5.20. The van der Waals surface area contributed by atoms with Crippen LogP contribution in [-0.2, 0) is 4.74 Å². The number of carbonyl (C=O) groups is 1. The number of hydrogen-bond donors (Lipinski definition) is 0. The molecule has 1 heterocycles. The summed E-state index contributed by atoms with van der Waals surface area (Å²) in [5.41, 5.74) is 3.29. The van der Waals surface area contributed by atoms with Crippen LogP contribution in [0.5, 0.6) is 5.75 Å². The number of Topliss-reactive ketones (excluding diaryl/α,β-unsaturated/α-hetero) is 1. The van der Waals surface area contributed by atoms with Crippen molar-refractivity contribution in [2.45, 2.75) is 12.3 Å². The number of nitrogens with zero attached hydrogens (tertiary/aromatic N) is 1. The van der Waals surface area contributed by atoms with Crippen LogP contribution in [0.4, 0.5) is 5.69 Å². The predicted octanol–water partition coefficient (Wildman–Crippen LogP) is 3.52. The first-order valence-corrected chi connectivity index (χ1v) is 8.87. The largest absolute Gasteiger partial charge is 0.497 e. The van der Waals surface area contributed by atoms with Crippen molar-refractivity contribution in [3.63, 3.8) is 0 Å². The van der Waals surface area contributed by atoms with E-state index < -0.39 is 0 Å². The van der Waals surface area contributed by atoms with E-state index >= 15 is 0 Å². The fourth-order valence-corrected chi connectivity index (χ4v) is 3.58. The Hall–Kier alpha value is -2.33. The van der Waals surface area contributed by atoms with Crippen LogP contribution in [0, 0.1) is 5.92 Å². The van der Waals surface area contributed by atoms with Gasteiger partial charge in [0, 0.05) is 30.3 Å². The Balaban J connectivity index is 1.41. The van der Waals surface area contributed by atoms with Crippen LogP contribution in [-0.4, -0.2) is 39.2 Å². The minimum atomic E-state index is 0.114. The molecule has 1 saturated heterocycles. The lowest BCUT2D eigenvalue weighted by Gasteiger charge is -2.28. The Morgan fingerprint density at radius 3 is 2.36 bits per heavy atom. The van der Waals surface area contributed by atoms with Gasteiger partial charge in [0.05, 0.1) is 20.3 Å². The molecular formula is C21H23NO3. The molecule has 4 nitrogen and oxygen atoms in total. The number of ether oxygens (including phenoxy) is 2. The van der Waals surface area contributed by atoms with Crippen LogP contribution < -0.4 is 9.64 Å². The van der Waals surface area contributed by atoms with Crippen molar-refractivity contribution in [3.8, 4) is 5.75 Å². The monoisotopic (exact) mass is 337 g/mol. The van der Waals surface area contributed by atoms with Gasteiger partial charge in [0.2, 0.25) is 0 Å². The van der Waals surface area contributed by atoms with Gasteiger partial charge in [0.1, 0.15) is 5.75 Å². The van der Waals surface area contributed by atoms with E-state index in [0.717, 1.165) is 44.0 Å². The third kappa shape index (κ3) is 3.40. The molecule has 1 aliphatic heterocycles. The summed E-state index contributed by atoms with van der Waals surface area (Å²) in [4.78, 5) is 15.0. The first-order chi connectivity index (χ1) is 12.3. The van der Waals surface area contributed by atoms with E-state index in [4.69, 9.17) is 9.47 Å². The highest BCUT2D eigenvalue weighted by atomic mass is 16.5. The summed E-state index contributed by atoms with van der Waals surface area (Å²) in [5.74, 6) is 1.49. The Morgan fingerprint density at radius 1 is 1.04 bits per heavy atom. The summed E-state index contributed by atoms with van der Waals surface area (Å²) in [6.07, 6.45) is 0.946. The van der Waals surface area contributed by atoms with E-state index in [0.29, 0.717) is 5.92 Å². The second-order valence-electron chi connectivity index (χ2n) is 6.73. The minimum Gasteiger partial charge on any atom is -0.497 e. The first kappa shape index (κ1) is 16.2. The van der Waals surface area contributed by atoms with Gasteiger partial charge in [-0.3, -0.25) is 4.79 Å². The molecule has 2 aromatic carbocycles. The minimum absolute atomic E-state index is 0.114. The molecule has 0 bridgehead atoms. The van der Waals surface area contributed by atoms with Crippen molar-refractivity contribution in [1.82, 2.24) is 0 Å². The number of methoxy groups -OCH3 is 1. The lowest BCUT2D eigenvalue weighted by atomic mass is 10.0. The number of anilines is 1. The molecule has 4 heteroatoms. The van der Waals surface area contributed by atoms with E-state index in [9.17, 15) is 4.79 Å². The highest BCUT2D eigenvalue weighted by Crippen LogP contribution is 2.49. The summed E-state index contributed by atoms with van der Waals surface area (Å²) in [5, 5.41) is 0. The van der Waals surface area contributed by atoms with E-state index in [-0.39, 0.29) is 11.7 Å². The molecule has 1 aliphatic carbocycles. The molecule has 0 aromatic heterocycles. The second-order valence-corrected chi connectivity index (χ2v) is 6.73. The van der Waals surface area contributed by atoms with Crippen LogP contribution in [0.3, 0.4) is 0 Å². The van der Waals surface area contributed by atoms with E-state index in [1.165, 1.54) is 11.3 Å². The normalized spacial score (nSPS) is 22.5. The average Bonchev–Trinajstić information content (AvgIpc) is 3.49. The Kier molecular flexibility index (Phi) is 4.45. The zero-order valence-electron chi connectivity index (χ0n) is 14.5. The zero-order valence-corrected chi connectivity index (χ0v) is 14.5. The van der Waals surface area contributed by atoms with Crippen molar-refractivity contribution in [2.75, 3.05) is 38.3 Å². The second kappa shape index (κ2) is 6.89. The molecule has 2 fully saturated rings. The molecule has 130 valence electrons. The summed E-state index contributed by atoms with van der Waals surface area (Å²) >= 11 is 0. The van der Waals surface area contributed by atoms with Crippen LogP contribution in [0.1, 0.15) is 28.3 Å². The van der Waals surface area contributed by atoms with Gasteiger partial charge in [-0.05, 0) is 54.3 Å². The van der Waals surface area contributed by atoms with E-state index in [1.807, 2.05) is 24.3 Å². The van der Waals surface area contributed by atoms with Gasteiger partial charge >= 0.3 is 0 Å². The van der Waals surface area contributed by atoms with Gasteiger partial charge in [0.15, 0.2) is 5.78 Å². The summed E-state index contributed by atoms with van der Waals surface area (Å²) < 4.78 is 10.6. The SMILES string of the molecule is COc1ccc(C(=O)[C@H]2C[C@@H]2c2ccc(N3CCOCC3)cc2)cc1. The van der Waals surface area contributed by atoms with Gasteiger partial charge in [0.25, 0.3) is 0 Å². The molecule has 0 amide bonds. The lowest BCUT2D eigenvalue weighted by molar-refractivity contribution is 0.0965. The fraction of sp³-hybridized carbons (Fsp3) is 0.381. The van der Waals surface area contributed by atoms with Crippen molar-refractivity contribution >= 4 is 11.5 Å². The standard InChI is InChI=1S/C21H23NO3/c1-24-18-8-4-16(5-9-18)21(23)20-14-19(20)15-2-6-17(7-3-15)22-10-12-25-13-11-22/h2-9,19-20H,10-14H2,1H3/t19-,20+/m1/s1. The number of hydrogen-bond acceptors (Lipinski definition) is 4. The summed E-state index contributed by atoms with van der Waals surface area (Å²) in [6.45, 7) is 3.48. The molecule has 25 heavy (non-hydrogen) atoms. The Labute approximate surface area is 148 Å². The van der Waals surface area contributed by atoms with Gasteiger partial charge in [-0.2, -0.15) is 0 Å². The third-order valence-corrected chi connectivity index (χ3v) is 5.20. The Bertz CT molecular complexity index is 733. The van der Waals surface area contributed by atoms with Gasteiger partial charge in [-0.15, -0.1) is 0 Å². The van der Waals surface area contributed by atoms with Crippen LogP contribution in [0.25, 0.3) is 0 Å². The van der Waals surface area contributed by atoms with E-state index in [1.54, 1.807) is 7.11 Å². The van der Waals surface area contributed by atoms with Crippen molar-refractivity contribution in [1.29, 1.82) is 0 Å². The molecule has 0 unspecified atom stereocenters. The molecule has 0 spiro atoms. The molecule has 0 radical (unpaired) electrons. The molecule has 2 aromatic rings. The van der Waals surface area contributed by atoms with Crippen molar-refractivity contribution < 1.29 is 14.3 Å². The molecule has 2 atom stereocenters. The van der Waals surface area contributed by atoms with Crippen LogP contribution >= 0.6 is 0 Å². The number of carbonyl (C=O) groups excluding carboxylic acids is 1. The number of ketones is 1. The average molecular weight is 337 g/mol. The maximum Gasteiger partial charge on any atom is 0.166 e. The van der Waals surface area contributed by atoms with Gasteiger partial charge in [-0.1, -0.05) is 12.1 Å². The van der Waals surface area contributed by atoms with Crippen molar-refractivity contribution in [3.05, 3.63) is 59.7 Å². The summed E-state index contributed by atoms with van der Waals surface area (Å²) in [7, 11) is 1.63. The molecule has 2 aliphatic rings. The molecule has 0 N–H and O–H groups in total. The first-order valence-electron chi connectivity index (χ1n) is 8.87. The summed E-state index contributed by atoms with van der Waals surface area (Å²) in [6, 6.07) is 16.1. The van der Waals surface area contributed by atoms with Gasteiger partial charge in [-0.25, -0.2) is 0 Å². The lowest BCUT2D eigenvalue weighted by Crippen LogP contribution is -2.36. The fourth-order valence-electron chi connectivity index (χ4n) is 3.58. The van der Waals surface area contributed by atoms with Crippen molar-refractivity contribution in [2.24, 2.45) is 5.92 Å². The van der Waals surface area contributed by atoms with E-state index in [2.05, 4.69) is 29.2 Å². The Morgan fingerprint density at radius 2 is 1.72 bits per heavy atom. The highest BCUT2D eigenvalue weighted by Gasteiger charge is 2.43. The van der Waals surface area contributed by atoms with Crippen LogP contribution in [0.2, 0.25) is 0 Å². The number of benzene rings is 2. The predicted molar refractivity (Wildman–Crippen MR) is 97.6 cm³/mol. The molecule has 1 saturated carbocycles. The number of morpholine rings is 1. The quantitative estimate of drug-likeness (QED) is 0.783. The van der Waals surface area contributed by atoms with Gasteiger partial charge < -0.3 is 14.4 Å². The maximum absolute atomic E-state index is 12.6.